The molecule has 1 heterocycles. The Balaban J connectivity index is 2.16. The number of rotatable bonds is 6. The van der Waals surface area contributed by atoms with Gasteiger partial charge in [0.2, 0.25) is 0 Å². The van der Waals surface area contributed by atoms with Gasteiger partial charge >= 0.3 is 0 Å². The minimum Gasteiger partial charge on any atom is -0.387 e. The van der Waals surface area contributed by atoms with Gasteiger partial charge in [-0.1, -0.05) is 31.5 Å². The second kappa shape index (κ2) is 7.10. The molecule has 0 saturated heterocycles. The third-order valence-electron chi connectivity index (χ3n) is 3.21. The van der Waals surface area contributed by atoms with E-state index >= 15 is 0 Å². The standard InChI is InChI=1S/C16H20N2OS/c1-3-7-14(15-10-6-11-20-15)18-16(19)12-8-4-5-9-13(12)17-2/h4-6,8-11,14,17H,3,7H2,1-2H3,(H,18,19). The Morgan fingerprint density at radius 1 is 1.25 bits per heavy atom. The summed E-state index contributed by atoms with van der Waals surface area (Å²) in [6.07, 6.45) is 1.99. The van der Waals surface area contributed by atoms with Gasteiger partial charge in [0.25, 0.3) is 5.91 Å². The molecule has 4 heteroatoms. The van der Waals surface area contributed by atoms with Gasteiger partial charge < -0.3 is 10.6 Å². The van der Waals surface area contributed by atoms with Crippen LogP contribution in [0.3, 0.4) is 0 Å². The van der Waals surface area contributed by atoms with Crippen molar-refractivity contribution >= 4 is 22.9 Å². The fourth-order valence-corrected chi connectivity index (χ4v) is 3.01. The lowest BCUT2D eigenvalue weighted by Crippen LogP contribution is -2.28. The number of hydrogen-bond donors (Lipinski definition) is 2. The molecule has 0 aliphatic carbocycles. The van der Waals surface area contributed by atoms with Crippen molar-refractivity contribution in [2.75, 3.05) is 12.4 Å². The Labute approximate surface area is 124 Å². The lowest BCUT2D eigenvalue weighted by Gasteiger charge is -2.18. The molecule has 1 atom stereocenters. The summed E-state index contributed by atoms with van der Waals surface area (Å²) >= 11 is 1.69. The molecular formula is C16H20N2OS. The largest absolute Gasteiger partial charge is 0.387 e. The summed E-state index contributed by atoms with van der Waals surface area (Å²) in [7, 11) is 1.83. The fraction of sp³-hybridized carbons (Fsp3) is 0.312. The van der Waals surface area contributed by atoms with Crippen molar-refractivity contribution in [2.45, 2.75) is 25.8 Å². The van der Waals surface area contributed by atoms with E-state index in [0.29, 0.717) is 5.56 Å². The average molecular weight is 288 g/mol. The fourth-order valence-electron chi connectivity index (χ4n) is 2.20. The summed E-state index contributed by atoms with van der Waals surface area (Å²) in [6, 6.07) is 11.8. The van der Waals surface area contributed by atoms with E-state index in [1.807, 2.05) is 42.8 Å². The molecule has 0 fully saturated rings. The Morgan fingerprint density at radius 2 is 2.05 bits per heavy atom. The highest BCUT2D eigenvalue weighted by Crippen LogP contribution is 2.24. The van der Waals surface area contributed by atoms with Crippen LogP contribution in [0.4, 0.5) is 5.69 Å². The minimum absolute atomic E-state index is 0.0261. The average Bonchev–Trinajstić information content (AvgIpc) is 3.00. The van der Waals surface area contributed by atoms with Crippen LogP contribution in [-0.2, 0) is 0 Å². The van der Waals surface area contributed by atoms with Crippen LogP contribution >= 0.6 is 11.3 Å². The molecule has 3 nitrogen and oxygen atoms in total. The summed E-state index contributed by atoms with van der Waals surface area (Å²) in [5.41, 5.74) is 1.54. The lowest BCUT2D eigenvalue weighted by molar-refractivity contribution is 0.0936. The van der Waals surface area contributed by atoms with Crippen LogP contribution in [0.1, 0.15) is 41.0 Å². The first-order valence-corrected chi connectivity index (χ1v) is 7.75. The first-order valence-electron chi connectivity index (χ1n) is 6.87. The van der Waals surface area contributed by atoms with Crippen molar-refractivity contribution in [3.05, 3.63) is 52.2 Å². The van der Waals surface area contributed by atoms with E-state index < -0.39 is 0 Å². The summed E-state index contributed by atoms with van der Waals surface area (Å²) in [5, 5.41) is 8.25. The Hall–Kier alpha value is -1.81. The molecule has 0 bridgehead atoms. The first kappa shape index (κ1) is 14.6. The molecule has 1 aromatic heterocycles. The van der Waals surface area contributed by atoms with E-state index in [4.69, 9.17) is 0 Å². The van der Waals surface area contributed by atoms with E-state index in [0.717, 1.165) is 18.5 Å². The van der Waals surface area contributed by atoms with E-state index in [1.165, 1.54) is 4.88 Å². The number of carbonyl (C=O) groups excluding carboxylic acids is 1. The SMILES string of the molecule is CCCC(NC(=O)c1ccccc1NC)c1cccs1. The molecule has 0 aliphatic heterocycles. The molecule has 0 saturated carbocycles. The van der Waals surface area contributed by atoms with Crippen LogP contribution in [-0.4, -0.2) is 13.0 Å². The summed E-state index contributed by atoms with van der Waals surface area (Å²) in [5.74, 6) is -0.0261. The highest BCUT2D eigenvalue weighted by molar-refractivity contribution is 7.10. The molecule has 2 rings (SSSR count). The molecule has 0 aliphatic rings. The molecule has 2 N–H and O–H groups in total. The predicted octanol–water partition coefficient (Wildman–Crippen LogP) is 4.06. The van der Waals surface area contributed by atoms with Crippen LogP contribution < -0.4 is 10.6 Å². The van der Waals surface area contributed by atoms with Gasteiger partial charge in [-0.25, -0.2) is 0 Å². The van der Waals surface area contributed by atoms with E-state index in [9.17, 15) is 4.79 Å². The number of amides is 1. The zero-order valence-corrected chi connectivity index (χ0v) is 12.7. The van der Waals surface area contributed by atoms with Crippen LogP contribution in [0.25, 0.3) is 0 Å². The predicted molar refractivity (Wildman–Crippen MR) is 85.4 cm³/mol. The number of benzene rings is 1. The Bertz CT molecular complexity index is 551. The van der Waals surface area contributed by atoms with E-state index in [-0.39, 0.29) is 11.9 Å². The summed E-state index contributed by atoms with van der Waals surface area (Å²) < 4.78 is 0. The normalized spacial score (nSPS) is 11.9. The van der Waals surface area contributed by atoms with Gasteiger partial charge in [0.1, 0.15) is 0 Å². The third kappa shape index (κ3) is 3.39. The van der Waals surface area contributed by atoms with Gasteiger partial charge in [-0.05, 0) is 30.0 Å². The number of hydrogen-bond acceptors (Lipinski definition) is 3. The topological polar surface area (TPSA) is 41.1 Å². The quantitative estimate of drug-likeness (QED) is 0.841. The van der Waals surface area contributed by atoms with Crippen molar-refractivity contribution in [3.8, 4) is 0 Å². The van der Waals surface area contributed by atoms with Gasteiger partial charge in [-0.15, -0.1) is 11.3 Å². The maximum absolute atomic E-state index is 12.5. The van der Waals surface area contributed by atoms with E-state index in [1.54, 1.807) is 11.3 Å². The highest BCUT2D eigenvalue weighted by atomic mass is 32.1. The second-order valence-corrected chi connectivity index (χ2v) is 5.60. The van der Waals surface area contributed by atoms with Crippen molar-refractivity contribution < 1.29 is 4.79 Å². The molecule has 2 aromatic rings. The maximum Gasteiger partial charge on any atom is 0.253 e. The molecule has 0 radical (unpaired) electrons. The van der Waals surface area contributed by atoms with Crippen LogP contribution in [0.15, 0.2) is 41.8 Å². The van der Waals surface area contributed by atoms with Gasteiger partial charge in [-0.2, -0.15) is 0 Å². The molecule has 1 aromatic carbocycles. The lowest BCUT2D eigenvalue weighted by atomic mass is 10.1. The first-order chi connectivity index (χ1) is 9.76. The zero-order valence-electron chi connectivity index (χ0n) is 11.8. The molecule has 1 amide bonds. The van der Waals surface area contributed by atoms with Crippen LogP contribution in [0.2, 0.25) is 0 Å². The monoisotopic (exact) mass is 288 g/mol. The number of nitrogens with one attached hydrogen (secondary N) is 2. The smallest absolute Gasteiger partial charge is 0.253 e. The number of carbonyl (C=O) groups is 1. The van der Waals surface area contributed by atoms with Crippen LogP contribution in [0.5, 0.6) is 0 Å². The van der Waals surface area contributed by atoms with Gasteiger partial charge in [-0.3, -0.25) is 4.79 Å². The molecular weight excluding hydrogens is 268 g/mol. The van der Waals surface area contributed by atoms with Gasteiger partial charge in [0, 0.05) is 17.6 Å². The molecule has 106 valence electrons. The number of anilines is 1. The number of para-hydroxylation sites is 1. The highest BCUT2D eigenvalue weighted by Gasteiger charge is 2.17. The third-order valence-corrected chi connectivity index (χ3v) is 4.20. The maximum atomic E-state index is 12.5. The Kier molecular flexibility index (Phi) is 5.18. The summed E-state index contributed by atoms with van der Waals surface area (Å²) in [6.45, 7) is 2.13. The number of thiophene rings is 1. The van der Waals surface area contributed by atoms with E-state index in [2.05, 4.69) is 23.6 Å². The molecule has 0 spiro atoms. The van der Waals surface area contributed by atoms with Crippen LogP contribution in [0, 0.1) is 0 Å². The molecule has 1 unspecified atom stereocenters. The minimum atomic E-state index is -0.0261. The second-order valence-electron chi connectivity index (χ2n) is 4.63. The van der Waals surface area contributed by atoms with Crippen molar-refractivity contribution in [3.63, 3.8) is 0 Å². The van der Waals surface area contributed by atoms with Crippen molar-refractivity contribution in [1.82, 2.24) is 5.32 Å². The van der Waals surface area contributed by atoms with Crippen molar-refractivity contribution in [2.24, 2.45) is 0 Å². The summed E-state index contributed by atoms with van der Waals surface area (Å²) in [4.78, 5) is 13.7. The Morgan fingerprint density at radius 3 is 2.70 bits per heavy atom. The zero-order chi connectivity index (χ0) is 14.4. The molecule has 20 heavy (non-hydrogen) atoms. The van der Waals surface area contributed by atoms with Crippen molar-refractivity contribution in [1.29, 1.82) is 0 Å². The van der Waals surface area contributed by atoms with Gasteiger partial charge in [0.15, 0.2) is 0 Å². The van der Waals surface area contributed by atoms with Gasteiger partial charge in [0.05, 0.1) is 11.6 Å².